The summed E-state index contributed by atoms with van der Waals surface area (Å²) in [5, 5.41) is 11.9. The second kappa shape index (κ2) is 7.51. The molecule has 0 spiro atoms. The lowest BCUT2D eigenvalue weighted by molar-refractivity contribution is -0.137. The van der Waals surface area contributed by atoms with E-state index < -0.39 is 12.6 Å². The van der Waals surface area contributed by atoms with Crippen LogP contribution in [0.25, 0.3) is 0 Å². The van der Waals surface area contributed by atoms with Crippen LogP contribution in [0.1, 0.15) is 26.7 Å². The maximum absolute atomic E-state index is 12.0. The molecule has 0 aliphatic rings. The number of nitrogens with one attached hydrogen (secondary N) is 1. The Balaban J connectivity index is 3.82. The lowest BCUT2D eigenvalue weighted by Gasteiger charge is -2.20. The molecular formula is C11H20F3N3. The van der Waals surface area contributed by atoms with Crippen LogP contribution < -0.4 is 5.32 Å². The first-order valence-corrected chi connectivity index (χ1v) is 5.65. The minimum absolute atomic E-state index is 0.0245. The van der Waals surface area contributed by atoms with Gasteiger partial charge < -0.3 is 4.90 Å². The third-order valence-corrected chi connectivity index (χ3v) is 2.27. The van der Waals surface area contributed by atoms with Crippen LogP contribution in [-0.4, -0.2) is 43.3 Å². The van der Waals surface area contributed by atoms with Crippen molar-refractivity contribution < 1.29 is 13.2 Å². The Morgan fingerprint density at radius 2 is 1.88 bits per heavy atom. The number of rotatable bonds is 7. The smallest absolute Gasteiger partial charge is 0.306 e. The summed E-state index contributed by atoms with van der Waals surface area (Å²) in [6, 6.07) is 1.99. The molecular weight excluding hydrogens is 231 g/mol. The van der Waals surface area contributed by atoms with E-state index in [1.165, 1.54) is 0 Å². The summed E-state index contributed by atoms with van der Waals surface area (Å²) in [4.78, 5) is 1.60. The normalized spacial score (nSPS) is 14.1. The molecule has 0 saturated carbocycles. The summed E-state index contributed by atoms with van der Waals surface area (Å²) in [6.07, 6.45) is -4.39. The van der Waals surface area contributed by atoms with Gasteiger partial charge in [0.15, 0.2) is 0 Å². The van der Waals surface area contributed by atoms with Crippen LogP contribution in [0.3, 0.4) is 0 Å². The fourth-order valence-electron chi connectivity index (χ4n) is 1.37. The van der Waals surface area contributed by atoms with Crippen molar-refractivity contribution in [3.05, 3.63) is 0 Å². The Kier molecular flexibility index (Phi) is 7.16. The Bertz CT molecular complexity index is 245. The second-order valence-electron chi connectivity index (χ2n) is 4.46. The van der Waals surface area contributed by atoms with Crippen molar-refractivity contribution in [3.63, 3.8) is 0 Å². The van der Waals surface area contributed by atoms with Gasteiger partial charge in [-0.3, -0.25) is 5.32 Å². The van der Waals surface area contributed by atoms with E-state index in [4.69, 9.17) is 5.26 Å². The van der Waals surface area contributed by atoms with E-state index in [9.17, 15) is 13.2 Å². The second-order valence-corrected chi connectivity index (χ2v) is 4.46. The van der Waals surface area contributed by atoms with Crippen molar-refractivity contribution in [1.29, 1.82) is 5.26 Å². The first-order chi connectivity index (χ1) is 7.74. The molecule has 3 nitrogen and oxygen atoms in total. The highest BCUT2D eigenvalue weighted by atomic mass is 19.4. The molecule has 0 fully saturated rings. The van der Waals surface area contributed by atoms with Crippen LogP contribution in [-0.2, 0) is 0 Å². The molecule has 0 aliphatic heterocycles. The van der Waals surface area contributed by atoms with E-state index >= 15 is 0 Å². The summed E-state index contributed by atoms with van der Waals surface area (Å²) in [6.45, 7) is 4.31. The molecule has 0 aromatic rings. The van der Waals surface area contributed by atoms with Gasteiger partial charge >= 0.3 is 6.18 Å². The van der Waals surface area contributed by atoms with Crippen LogP contribution in [0, 0.1) is 11.3 Å². The van der Waals surface area contributed by atoms with Crippen molar-refractivity contribution in [3.8, 4) is 6.07 Å². The van der Waals surface area contributed by atoms with Crippen molar-refractivity contribution in [1.82, 2.24) is 10.2 Å². The SMILES string of the molecule is CC(C)NC(C#N)CCN(C)CCC(F)(F)F. The van der Waals surface area contributed by atoms with E-state index in [2.05, 4.69) is 11.4 Å². The molecule has 0 rings (SSSR count). The molecule has 17 heavy (non-hydrogen) atoms. The summed E-state index contributed by atoms with van der Waals surface area (Å²) in [7, 11) is 1.63. The first-order valence-electron chi connectivity index (χ1n) is 5.65. The van der Waals surface area contributed by atoms with Gasteiger partial charge in [-0.15, -0.1) is 0 Å². The highest BCUT2D eigenvalue weighted by Gasteiger charge is 2.27. The summed E-state index contributed by atoms with van der Waals surface area (Å²) in [5.74, 6) is 0. The molecule has 1 unspecified atom stereocenters. The van der Waals surface area contributed by atoms with Gasteiger partial charge in [0.05, 0.1) is 18.5 Å². The quantitative estimate of drug-likeness (QED) is 0.753. The molecule has 0 bridgehead atoms. The molecule has 0 amide bonds. The first kappa shape index (κ1) is 16.2. The van der Waals surface area contributed by atoms with Gasteiger partial charge in [-0.2, -0.15) is 18.4 Å². The van der Waals surface area contributed by atoms with E-state index in [-0.39, 0.29) is 18.6 Å². The maximum Gasteiger partial charge on any atom is 0.390 e. The number of hydrogen-bond donors (Lipinski definition) is 1. The molecule has 100 valence electrons. The number of nitrogens with zero attached hydrogens (tertiary/aromatic N) is 2. The predicted octanol–water partition coefficient (Wildman–Crippen LogP) is 2.15. The highest BCUT2D eigenvalue weighted by Crippen LogP contribution is 2.19. The zero-order chi connectivity index (χ0) is 13.5. The lowest BCUT2D eigenvalue weighted by Crippen LogP contribution is -2.36. The van der Waals surface area contributed by atoms with Crippen molar-refractivity contribution in [2.24, 2.45) is 0 Å². The van der Waals surface area contributed by atoms with Gasteiger partial charge in [0.25, 0.3) is 0 Å². The van der Waals surface area contributed by atoms with Gasteiger partial charge in [0.1, 0.15) is 0 Å². The fraction of sp³-hybridized carbons (Fsp3) is 0.909. The number of nitriles is 1. The van der Waals surface area contributed by atoms with Crippen LogP contribution >= 0.6 is 0 Å². The molecule has 0 radical (unpaired) electrons. The Morgan fingerprint density at radius 3 is 2.29 bits per heavy atom. The zero-order valence-corrected chi connectivity index (χ0v) is 10.5. The molecule has 6 heteroatoms. The molecule has 0 aliphatic carbocycles. The van der Waals surface area contributed by atoms with Crippen LogP contribution in [0.2, 0.25) is 0 Å². The zero-order valence-electron chi connectivity index (χ0n) is 10.5. The molecule has 0 heterocycles. The standard InChI is InChI=1S/C11H20F3N3/c1-9(2)16-10(8-15)4-6-17(3)7-5-11(12,13)14/h9-10,16H,4-7H2,1-3H3. The maximum atomic E-state index is 12.0. The van der Waals surface area contributed by atoms with Crippen LogP contribution in [0.15, 0.2) is 0 Å². The summed E-state index contributed by atoms with van der Waals surface area (Å²) < 4.78 is 35.9. The lowest BCUT2D eigenvalue weighted by atomic mass is 10.2. The summed E-state index contributed by atoms with van der Waals surface area (Å²) in [5.41, 5.74) is 0. The fourth-order valence-corrected chi connectivity index (χ4v) is 1.37. The monoisotopic (exact) mass is 251 g/mol. The highest BCUT2D eigenvalue weighted by molar-refractivity contribution is 4.90. The van der Waals surface area contributed by atoms with Gasteiger partial charge in [0, 0.05) is 19.1 Å². The average molecular weight is 251 g/mol. The minimum Gasteiger partial charge on any atom is -0.306 e. The van der Waals surface area contributed by atoms with Gasteiger partial charge in [0.2, 0.25) is 0 Å². The Labute approximate surface area is 101 Å². The summed E-state index contributed by atoms with van der Waals surface area (Å²) >= 11 is 0. The third-order valence-electron chi connectivity index (χ3n) is 2.27. The molecule has 1 N–H and O–H groups in total. The van der Waals surface area contributed by atoms with E-state index in [1.807, 2.05) is 13.8 Å². The van der Waals surface area contributed by atoms with Crippen molar-refractivity contribution in [2.75, 3.05) is 20.1 Å². The van der Waals surface area contributed by atoms with Gasteiger partial charge in [-0.25, -0.2) is 0 Å². The molecule has 0 aromatic heterocycles. The number of hydrogen-bond acceptors (Lipinski definition) is 3. The largest absolute Gasteiger partial charge is 0.390 e. The topological polar surface area (TPSA) is 39.1 Å². The molecule has 0 saturated heterocycles. The van der Waals surface area contributed by atoms with Crippen LogP contribution in [0.4, 0.5) is 13.2 Å². The minimum atomic E-state index is -4.11. The van der Waals surface area contributed by atoms with Crippen molar-refractivity contribution >= 4 is 0 Å². The van der Waals surface area contributed by atoms with Gasteiger partial charge in [-0.05, 0) is 27.3 Å². The van der Waals surface area contributed by atoms with E-state index in [1.54, 1.807) is 11.9 Å². The molecule has 1 atom stereocenters. The van der Waals surface area contributed by atoms with Gasteiger partial charge in [-0.1, -0.05) is 0 Å². The van der Waals surface area contributed by atoms with Crippen molar-refractivity contribution in [2.45, 2.75) is 44.9 Å². The average Bonchev–Trinajstić information content (AvgIpc) is 2.19. The number of alkyl halides is 3. The number of halogens is 3. The molecule has 0 aromatic carbocycles. The van der Waals surface area contributed by atoms with Crippen LogP contribution in [0.5, 0.6) is 0 Å². The van der Waals surface area contributed by atoms with E-state index in [0.717, 1.165) is 0 Å². The van der Waals surface area contributed by atoms with E-state index in [0.29, 0.717) is 13.0 Å². The predicted molar refractivity (Wildman–Crippen MR) is 60.5 cm³/mol. The third kappa shape index (κ3) is 10.1. The Morgan fingerprint density at radius 1 is 1.29 bits per heavy atom. The Hall–Kier alpha value is -0.800.